The van der Waals surface area contributed by atoms with Crippen molar-refractivity contribution in [2.75, 3.05) is 18.0 Å². The molecule has 3 heteroatoms. The second kappa shape index (κ2) is 6.55. The van der Waals surface area contributed by atoms with Gasteiger partial charge in [-0.05, 0) is 37.9 Å². The molecule has 1 aromatic rings. The van der Waals surface area contributed by atoms with Gasteiger partial charge in [-0.3, -0.25) is 4.79 Å². The molecule has 0 unspecified atom stereocenters. The monoisotopic (exact) mass is 246 g/mol. The minimum absolute atomic E-state index is 0.225. The van der Waals surface area contributed by atoms with Crippen LogP contribution in [0.15, 0.2) is 30.3 Å². The molecule has 98 valence electrons. The van der Waals surface area contributed by atoms with Gasteiger partial charge in [-0.25, -0.2) is 0 Å². The van der Waals surface area contributed by atoms with Crippen LogP contribution in [-0.4, -0.2) is 19.0 Å². The predicted molar refractivity (Wildman–Crippen MR) is 74.4 cm³/mol. The van der Waals surface area contributed by atoms with E-state index in [9.17, 15) is 4.79 Å². The average Bonchev–Trinajstić information content (AvgIpc) is 2.94. The number of nitrogens with two attached hydrogens (primary N) is 1. The molecular weight excluding hydrogens is 224 g/mol. The van der Waals surface area contributed by atoms with E-state index in [1.165, 1.54) is 12.8 Å². The van der Waals surface area contributed by atoms with Crippen LogP contribution in [0.4, 0.5) is 5.69 Å². The van der Waals surface area contributed by atoms with Gasteiger partial charge in [0.15, 0.2) is 0 Å². The molecule has 0 saturated heterocycles. The number of hydrogen-bond acceptors (Lipinski definition) is 2. The van der Waals surface area contributed by atoms with Crippen molar-refractivity contribution in [2.45, 2.75) is 32.1 Å². The van der Waals surface area contributed by atoms with E-state index in [1.807, 2.05) is 35.2 Å². The third-order valence-corrected chi connectivity index (χ3v) is 3.62. The molecule has 2 rings (SSSR count). The summed E-state index contributed by atoms with van der Waals surface area (Å²) in [6.45, 7) is 1.36. The molecule has 3 nitrogen and oxygen atoms in total. The van der Waals surface area contributed by atoms with E-state index in [0.29, 0.717) is 6.54 Å². The quantitative estimate of drug-likeness (QED) is 0.868. The van der Waals surface area contributed by atoms with Crippen molar-refractivity contribution in [3.63, 3.8) is 0 Å². The van der Waals surface area contributed by atoms with Crippen LogP contribution < -0.4 is 10.6 Å². The number of para-hydroxylation sites is 1. The van der Waals surface area contributed by atoms with E-state index in [-0.39, 0.29) is 11.8 Å². The first-order valence-corrected chi connectivity index (χ1v) is 6.89. The molecule has 0 aliphatic heterocycles. The summed E-state index contributed by atoms with van der Waals surface area (Å²) < 4.78 is 0. The second-order valence-electron chi connectivity index (χ2n) is 4.95. The molecule has 18 heavy (non-hydrogen) atoms. The summed E-state index contributed by atoms with van der Waals surface area (Å²) >= 11 is 0. The Labute approximate surface area is 109 Å². The van der Waals surface area contributed by atoms with Gasteiger partial charge >= 0.3 is 0 Å². The first kappa shape index (κ1) is 13.1. The van der Waals surface area contributed by atoms with Gasteiger partial charge in [-0.2, -0.15) is 0 Å². The number of benzene rings is 1. The largest absolute Gasteiger partial charge is 0.330 e. The van der Waals surface area contributed by atoms with Crippen molar-refractivity contribution in [3.05, 3.63) is 30.3 Å². The molecule has 0 heterocycles. The molecular formula is C15H22N2O. The molecule has 0 radical (unpaired) electrons. The van der Waals surface area contributed by atoms with Crippen LogP contribution >= 0.6 is 0 Å². The Morgan fingerprint density at radius 3 is 2.50 bits per heavy atom. The summed E-state index contributed by atoms with van der Waals surface area (Å²) in [7, 11) is 0. The van der Waals surface area contributed by atoms with Crippen LogP contribution in [0.2, 0.25) is 0 Å². The molecule has 0 bridgehead atoms. The fourth-order valence-corrected chi connectivity index (χ4v) is 2.62. The summed E-state index contributed by atoms with van der Waals surface area (Å²) in [6, 6.07) is 9.94. The lowest BCUT2D eigenvalue weighted by atomic mass is 10.1. The van der Waals surface area contributed by atoms with Crippen LogP contribution in [0, 0.1) is 5.92 Å². The fraction of sp³-hybridized carbons (Fsp3) is 0.533. The normalized spacial score (nSPS) is 15.8. The summed E-state index contributed by atoms with van der Waals surface area (Å²) in [4.78, 5) is 14.5. The third kappa shape index (κ3) is 3.10. The molecule has 1 aliphatic carbocycles. The summed E-state index contributed by atoms with van der Waals surface area (Å²) in [5, 5.41) is 0. The summed E-state index contributed by atoms with van der Waals surface area (Å²) in [5.74, 6) is 0.509. The van der Waals surface area contributed by atoms with Crippen molar-refractivity contribution in [3.8, 4) is 0 Å². The first-order chi connectivity index (χ1) is 8.83. The van der Waals surface area contributed by atoms with Gasteiger partial charge in [-0.1, -0.05) is 31.0 Å². The lowest BCUT2D eigenvalue weighted by molar-refractivity contribution is -0.122. The lowest BCUT2D eigenvalue weighted by Crippen LogP contribution is -2.36. The molecule has 0 spiro atoms. The highest BCUT2D eigenvalue weighted by Crippen LogP contribution is 2.28. The standard InChI is InChI=1S/C15H22N2O/c16-11-6-12-17(14-9-2-1-3-10-14)15(18)13-7-4-5-8-13/h1-3,9-10,13H,4-8,11-12,16H2. The summed E-state index contributed by atoms with van der Waals surface area (Å²) in [6.07, 6.45) is 5.33. The van der Waals surface area contributed by atoms with Crippen molar-refractivity contribution in [1.29, 1.82) is 0 Å². The Morgan fingerprint density at radius 1 is 1.22 bits per heavy atom. The first-order valence-electron chi connectivity index (χ1n) is 6.89. The van der Waals surface area contributed by atoms with Gasteiger partial charge in [0.1, 0.15) is 0 Å². The van der Waals surface area contributed by atoms with Gasteiger partial charge in [0, 0.05) is 18.2 Å². The van der Waals surface area contributed by atoms with Crippen LogP contribution in [0.3, 0.4) is 0 Å². The maximum absolute atomic E-state index is 12.5. The van der Waals surface area contributed by atoms with Gasteiger partial charge in [-0.15, -0.1) is 0 Å². The van der Waals surface area contributed by atoms with E-state index in [4.69, 9.17) is 5.73 Å². The Bertz CT molecular complexity index is 371. The van der Waals surface area contributed by atoms with E-state index in [0.717, 1.165) is 31.5 Å². The molecule has 0 atom stereocenters. The molecule has 1 fully saturated rings. The van der Waals surface area contributed by atoms with Gasteiger partial charge in [0.2, 0.25) is 5.91 Å². The second-order valence-corrected chi connectivity index (χ2v) is 4.95. The van der Waals surface area contributed by atoms with E-state index in [1.54, 1.807) is 0 Å². The van der Waals surface area contributed by atoms with Gasteiger partial charge < -0.3 is 10.6 Å². The van der Waals surface area contributed by atoms with Gasteiger partial charge in [0.25, 0.3) is 0 Å². The number of nitrogens with zero attached hydrogens (tertiary/aromatic N) is 1. The highest BCUT2D eigenvalue weighted by Gasteiger charge is 2.27. The average molecular weight is 246 g/mol. The molecule has 1 aromatic carbocycles. The number of carbonyl (C=O) groups is 1. The Kier molecular flexibility index (Phi) is 4.76. The number of hydrogen-bond donors (Lipinski definition) is 1. The van der Waals surface area contributed by atoms with Crippen LogP contribution in [0.5, 0.6) is 0 Å². The zero-order valence-electron chi connectivity index (χ0n) is 10.8. The Morgan fingerprint density at radius 2 is 1.89 bits per heavy atom. The van der Waals surface area contributed by atoms with Crippen molar-refractivity contribution in [1.82, 2.24) is 0 Å². The van der Waals surface area contributed by atoms with E-state index >= 15 is 0 Å². The smallest absolute Gasteiger partial charge is 0.230 e. The number of anilines is 1. The van der Waals surface area contributed by atoms with Crippen molar-refractivity contribution < 1.29 is 4.79 Å². The molecule has 1 amide bonds. The van der Waals surface area contributed by atoms with Crippen molar-refractivity contribution >= 4 is 11.6 Å². The highest BCUT2D eigenvalue weighted by atomic mass is 16.2. The number of amides is 1. The molecule has 1 aliphatic rings. The summed E-state index contributed by atoms with van der Waals surface area (Å²) in [5.41, 5.74) is 6.57. The number of rotatable bonds is 5. The molecule has 1 saturated carbocycles. The van der Waals surface area contributed by atoms with E-state index in [2.05, 4.69) is 0 Å². The molecule has 0 aromatic heterocycles. The predicted octanol–water partition coefficient (Wildman–Crippen LogP) is 2.56. The highest BCUT2D eigenvalue weighted by molar-refractivity contribution is 5.95. The lowest BCUT2D eigenvalue weighted by Gasteiger charge is -2.25. The Hall–Kier alpha value is -1.35. The van der Waals surface area contributed by atoms with Gasteiger partial charge in [0.05, 0.1) is 0 Å². The number of carbonyl (C=O) groups excluding carboxylic acids is 1. The van der Waals surface area contributed by atoms with Crippen LogP contribution in [-0.2, 0) is 4.79 Å². The minimum atomic E-state index is 0.225. The minimum Gasteiger partial charge on any atom is -0.330 e. The van der Waals surface area contributed by atoms with Crippen LogP contribution in [0.1, 0.15) is 32.1 Å². The molecule has 2 N–H and O–H groups in total. The SMILES string of the molecule is NCCCN(C(=O)C1CCCC1)c1ccccc1. The zero-order chi connectivity index (χ0) is 12.8. The zero-order valence-corrected chi connectivity index (χ0v) is 10.8. The van der Waals surface area contributed by atoms with E-state index < -0.39 is 0 Å². The topological polar surface area (TPSA) is 46.3 Å². The maximum Gasteiger partial charge on any atom is 0.230 e. The maximum atomic E-state index is 12.5. The van der Waals surface area contributed by atoms with Crippen LogP contribution in [0.25, 0.3) is 0 Å². The van der Waals surface area contributed by atoms with Crippen molar-refractivity contribution in [2.24, 2.45) is 11.7 Å². The third-order valence-electron chi connectivity index (χ3n) is 3.62. The fourth-order valence-electron chi connectivity index (χ4n) is 2.62. The Balaban J connectivity index is 2.11.